The van der Waals surface area contributed by atoms with Crippen molar-refractivity contribution in [2.45, 2.75) is 76.5 Å². The van der Waals surface area contributed by atoms with Crippen LogP contribution in [0.25, 0.3) is 0 Å². The number of rotatable bonds is 8. The lowest BCUT2D eigenvalue weighted by Crippen LogP contribution is -2.32. The first-order valence-electron chi connectivity index (χ1n) is 8.47. The fraction of sp³-hybridized carbons (Fsp3) is 0.684. The molecule has 0 fully saturated rings. The summed E-state index contributed by atoms with van der Waals surface area (Å²) >= 11 is 3.83. The van der Waals surface area contributed by atoms with Crippen LogP contribution >= 0.6 is 15.9 Å². The van der Waals surface area contributed by atoms with Crippen molar-refractivity contribution in [2.75, 3.05) is 5.33 Å². The van der Waals surface area contributed by atoms with E-state index < -0.39 is 0 Å². The minimum absolute atomic E-state index is 0.416. The zero-order valence-corrected chi connectivity index (χ0v) is 14.6. The van der Waals surface area contributed by atoms with Crippen molar-refractivity contribution in [3.05, 3.63) is 35.4 Å². The Labute approximate surface area is 133 Å². The van der Waals surface area contributed by atoms with Gasteiger partial charge in [-0.15, -0.1) is 0 Å². The molecule has 0 N–H and O–H groups in total. The molecule has 1 aliphatic rings. The van der Waals surface area contributed by atoms with Gasteiger partial charge in [0.1, 0.15) is 0 Å². The Hall–Kier alpha value is -0.300. The number of aryl methyl sites for hydroxylation is 1. The first-order chi connectivity index (χ1) is 9.82. The van der Waals surface area contributed by atoms with Gasteiger partial charge in [-0.3, -0.25) is 0 Å². The standard InChI is InChI=1S/C19H29Br/c1-2-3-4-5-6-9-14-19(16-20)15-10-12-17-11-7-8-13-18(17)19/h7-8,11,13H,2-6,9-10,12,14-16H2,1H3. The van der Waals surface area contributed by atoms with Crippen LogP contribution in [-0.2, 0) is 11.8 Å². The second kappa shape index (κ2) is 8.22. The number of benzene rings is 1. The summed E-state index contributed by atoms with van der Waals surface area (Å²) in [6.07, 6.45) is 13.8. The zero-order valence-electron chi connectivity index (χ0n) is 13.0. The van der Waals surface area contributed by atoms with Gasteiger partial charge in [0.2, 0.25) is 0 Å². The first kappa shape index (κ1) is 16.1. The third-order valence-corrected chi connectivity index (χ3v) is 6.03. The molecule has 2 rings (SSSR count). The molecule has 1 heteroatoms. The van der Waals surface area contributed by atoms with Gasteiger partial charge in [0.15, 0.2) is 0 Å². The SMILES string of the molecule is CCCCCCCCC1(CBr)CCCc2ccccc21. The molecule has 0 amide bonds. The fourth-order valence-corrected chi connectivity index (χ4v) is 4.58. The van der Waals surface area contributed by atoms with Crippen LogP contribution in [0.15, 0.2) is 24.3 Å². The molecule has 0 aliphatic heterocycles. The maximum atomic E-state index is 3.83. The molecule has 0 saturated carbocycles. The predicted octanol–water partition coefficient (Wildman–Crippen LogP) is 6.41. The smallest absolute Gasteiger partial charge is 0.0129 e. The number of fused-ring (bicyclic) bond motifs is 1. The van der Waals surface area contributed by atoms with E-state index in [1.165, 1.54) is 64.2 Å². The van der Waals surface area contributed by atoms with E-state index >= 15 is 0 Å². The maximum Gasteiger partial charge on any atom is 0.0129 e. The molecule has 1 atom stereocenters. The number of halogens is 1. The molecule has 0 nitrogen and oxygen atoms in total. The topological polar surface area (TPSA) is 0 Å². The Balaban J connectivity index is 1.93. The summed E-state index contributed by atoms with van der Waals surface area (Å²) in [7, 11) is 0. The molecule has 112 valence electrons. The minimum atomic E-state index is 0.416. The van der Waals surface area contributed by atoms with Crippen molar-refractivity contribution in [1.82, 2.24) is 0 Å². The Morgan fingerprint density at radius 3 is 2.60 bits per heavy atom. The monoisotopic (exact) mass is 336 g/mol. The van der Waals surface area contributed by atoms with Crippen molar-refractivity contribution >= 4 is 15.9 Å². The van der Waals surface area contributed by atoms with E-state index in [0.29, 0.717) is 5.41 Å². The third kappa shape index (κ3) is 3.87. The summed E-state index contributed by atoms with van der Waals surface area (Å²) in [5.74, 6) is 0. The van der Waals surface area contributed by atoms with Crippen molar-refractivity contribution in [1.29, 1.82) is 0 Å². The van der Waals surface area contributed by atoms with Crippen LogP contribution < -0.4 is 0 Å². The van der Waals surface area contributed by atoms with Crippen molar-refractivity contribution in [3.8, 4) is 0 Å². The second-order valence-electron chi connectivity index (χ2n) is 6.44. The van der Waals surface area contributed by atoms with Gasteiger partial charge in [0.25, 0.3) is 0 Å². The third-order valence-electron chi connectivity index (χ3n) is 4.95. The van der Waals surface area contributed by atoms with Gasteiger partial charge in [0.05, 0.1) is 0 Å². The highest BCUT2D eigenvalue weighted by atomic mass is 79.9. The number of unbranched alkanes of at least 4 members (excludes halogenated alkanes) is 5. The molecule has 20 heavy (non-hydrogen) atoms. The highest BCUT2D eigenvalue weighted by Crippen LogP contribution is 2.42. The summed E-state index contributed by atoms with van der Waals surface area (Å²) in [6, 6.07) is 9.15. The summed E-state index contributed by atoms with van der Waals surface area (Å²) in [5, 5.41) is 1.13. The van der Waals surface area contributed by atoms with Gasteiger partial charge in [0, 0.05) is 10.7 Å². The van der Waals surface area contributed by atoms with Crippen LogP contribution in [-0.4, -0.2) is 5.33 Å². The average Bonchev–Trinajstić information content (AvgIpc) is 2.51. The number of hydrogen-bond acceptors (Lipinski definition) is 0. The lowest BCUT2D eigenvalue weighted by Gasteiger charge is -2.38. The van der Waals surface area contributed by atoms with E-state index in [9.17, 15) is 0 Å². The van der Waals surface area contributed by atoms with Crippen LogP contribution in [0.1, 0.15) is 75.8 Å². The molecule has 1 aromatic carbocycles. The molecule has 0 saturated heterocycles. The van der Waals surface area contributed by atoms with Gasteiger partial charge in [-0.1, -0.05) is 85.6 Å². The Bertz CT molecular complexity index is 399. The average molecular weight is 337 g/mol. The molecule has 0 spiro atoms. The van der Waals surface area contributed by atoms with Gasteiger partial charge in [-0.25, -0.2) is 0 Å². The minimum Gasteiger partial charge on any atom is -0.0918 e. The molecular formula is C19H29Br. The molecule has 0 aromatic heterocycles. The van der Waals surface area contributed by atoms with Crippen molar-refractivity contribution < 1.29 is 0 Å². The lowest BCUT2D eigenvalue weighted by atomic mass is 9.68. The lowest BCUT2D eigenvalue weighted by molar-refractivity contribution is 0.359. The van der Waals surface area contributed by atoms with Crippen LogP contribution in [0.4, 0.5) is 0 Å². The van der Waals surface area contributed by atoms with Crippen LogP contribution in [0.5, 0.6) is 0 Å². The molecule has 0 bridgehead atoms. The maximum absolute atomic E-state index is 3.83. The highest BCUT2D eigenvalue weighted by Gasteiger charge is 2.34. The molecule has 1 aromatic rings. The van der Waals surface area contributed by atoms with E-state index in [-0.39, 0.29) is 0 Å². The van der Waals surface area contributed by atoms with Gasteiger partial charge in [-0.05, 0) is 36.8 Å². The number of hydrogen-bond donors (Lipinski definition) is 0. The largest absolute Gasteiger partial charge is 0.0918 e. The molecular weight excluding hydrogens is 308 g/mol. The zero-order chi connectivity index (χ0) is 14.3. The summed E-state index contributed by atoms with van der Waals surface area (Å²) < 4.78 is 0. The normalized spacial score (nSPS) is 21.7. The van der Waals surface area contributed by atoms with Crippen molar-refractivity contribution in [2.24, 2.45) is 0 Å². The van der Waals surface area contributed by atoms with E-state index in [2.05, 4.69) is 47.1 Å². The van der Waals surface area contributed by atoms with E-state index in [4.69, 9.17) is 0 Å². The van der Waals surface area contributed by atoms with Crippen molar-refractivity contribution in [3.63, 3.8) is 0 Å². The number of alkyl halides is 1. The molecule has 1 unspecified atom stereocenters. The van der Waals surface area contributed by atoms with E-state index in [1.807, 2.05) is 0 Å². The molecule has 0 heterocycles. The van der Waals surface area contributed by atoms with E-state index in [0.717, 1.165) is 5.33 Å². The molecule has 1 aliphatic carbocycles. The second-order valence-corrected chi connectivity index (χ2v) is 7.00. The Morgan fingerprint density at radius 1 is 1.05 bits per heavy atom. The van der Waals surface area contributed by atoms with Gasteiger partial charge >= 0.3 is 0 Å². The summed E-state index contributed by atoms with van der Waals surface area (Å²) in [4.78, 5) is 0. The predicted molar refractivity (Wildman–Crippen MR) is 92.8 cm³/mol. The Morgan fingerprint density at radius 2 is 1.80 bits per heavy atom. The summed E-state index contributed by atoms with van der Waals surface area (Å²) in [6.45, 7) is 2.29. The Kier molecular flexibility index (Phi) is 6.61. The van der Waals surface area contributed by atoms with Gasteiger partial charge in [-0.2, -0.15) is 0 Å². The van der Waals surface area contributed by atoms with Gasteiger partial charge < -0.3 is 0 Å². The van der Waals surface area contributed by atoms with Crippen LogP contribution in [0.3, 0.4) is 0 Å². The quantitative estimate of drug-likeness (QED) is 0.380. The van der Waals surface area contributed by atoms with E-state index in [1.54, 1.807) is 11.1 Å². The highest BCUT2D eigenvalue weighted by molar-refractivity contribution is 9.09. The summed E-state index contributed by atoms with van der Waals surface area (Å²) in [5.41, 5.74) is 3.65. The fourth-order valence-electron chi connectivity index (χ4n) is 3.72. The first-order valence-corrected chi connectivity index (χ1v) is 9.59. The molecule has 0 radical (unpaired) electrons. The van der Waals surface area contributed by atoms with Crippen LogP contribution in [0.2, 0.25) is 0 Å². The van der Waals surface area contributed by atoms with Crippen LogP contribution in [0, 0.1) is 0 Å².